The van der Waals surface area contributed by atoms with Gasteiger partial charge in [0.15, 0.2) is 0 Å². The van der Waals surface area contributed by atoms with E-state index in [1.54, 1.807) is 23.6 Å². The van der Waals surface area contributed by atoms with Crippen molar-refractivity contribution < 1.29 is 9.53 Å². The number of hydrogen-bond donors (Lipinski definition) is 0. The van der Waals surface area contributed by atoms with Crippen molar-refractivity contribution in [3.05, 3.63) is 40.9 Å². The van der Waals surface area contributed by atoms with E-state index in [9.17, 15) is 4.79 Å². The molecular formula is C12H12N2O2S. The molecular weight excluding hydrogens is 236 g/mol. The van der Waals surface area contributed by atoms with E-state index in [2.05, 4.69) is 9.59 Å². The summed E-state index contributed by atoms with van der Waals surface area (Å²) in [6.07, 6.45) is 0.0255. The summed E-state index contributed by atoms with van der Waals surface area (Å²) in [5, 5.41) is 5.41. The summed E-state index contributed by atoms with van der Waals surface area (Å²) in [7, 11) is 0. The van der Waals surface area contributed by atoms with Crippen LogP contribution in [0, 0.1) is 0 Å². The van der Waals surface area contributed by atoms with Crippen molar-refractivity contribution in [2.75, 3.05) is 0 Å². The number of nitrogens with zero attached hydrogens (tertiary/aromatic N) is 2. The Labute approximate surface area is 103 Å². The van der Waals surface area contributed by atoms with Gasteiger partial charge in [0.25, 0.3) is 0 Å². The van der Waals surface area contributed by atoms with E-state index in [-0.39, 0.29) is 11.9 Å². The van der Waals surface area contributed by atoms with Crippen LogP contribution in [0.25, 0.3) is 0 Å². The molecule has 1 aromatic carbocycles. The zero-order valence-electron chi connectivity index (χ0n) is 9.58. The monoisotopic (exact) mass is 248 g/mol. The largest absolute Gasteiger partial charge is 0.490 e. The summed E-state index contributed by atoms with van der Waals surface area (Å²) in [5.74, 6) is 0.426. The molecule has 17 heavy (non-hydrogen) atoms. The van der Waals surface area contributed by atoms with Crippen molar-refractivity contribution in [1.82, 2.24) is 9.59 Å². The predicted molar refractivity (Wildman–Crippen MR) is 65.5 cm³/mol. The zero-order valence-corrected chi connectivity index (χ0v) is 10.4. The molecule has 0 N–H and O–H groups in total. The minimum absolute atomic E-state index is 0.0255. The molecule has 0 spiro atoms. The number of ketones is 1. The number of aromatic nitrogens is 2. The van der Waals surface area contributed by atoms with Crippen LogP contribution in [0.2, 0.25) is 0 Å². The molecule has 0 atom stereocenters. The fraction of sp³-hybridized carbons (Fsp3) is 0.250. The maximum atomic E-state index is 12.1. The lowest BCUT2D eigenvalue weighted by Crippen LogP contribution is -2.10. The quantitative estimate of drug-likeness (QED) is 0.780. The molecule has 4 nitrogen and oxygen atoms in total. The molecule has 0 saturated heterocycles. The lowest BCUT2D eigenvalue weighted by molar-refractivity contribution is 0.102. The van der Waals surface area contributed by atoms with E-state index in [1.807, 2.05) is 19.9 Å². The Balaban J connectivity index is 2.35. The van der Waals surface area contributed by atoms with Crippen LogP contribution in [0.15, 0.2) is 29.6 Å². The maximum Gasteiger partial charge on any atom is 0.217 e. The van der Waals surface area contributed by atoms with Gasteiger partial charge in [-0.05, 0) is 37.5 Å². The summed E-state index contributed by atoms with van der Waals surface area (Å²) in [6, 6.07) is 7.17. The van der Waals surface area contributed by atoms with Gasteiger partial charge in [-0.25, -0.2) is 0 Å². The molecule has 0 radical (unpaired) electrons. The number of ether oxygens (including phenoxy) is 1. The summed E-state index contributed by atoms with van der Waals surface area (Å²) in [6.45, 7) is 3.84. The number of rotatable bonds is 4. The molecule has 88 valence electrons. The Bertz CT molecular complexity index is 509. The molecule has 1 aromatic heterocycles. The van der Waals surface area contributed by atoms with Crippen molar-refractivity contribution in [2.24, 2.45) is 0 Å². The van der Waals surface area contributed by atoms with Crippen LogP contribution in [0.5, 0.6) is 5.75 Å². The number of para-hydroxylation sites is 1. The zero-order chi connectivity index (χ0) is 12.3. The highest BCUT2D eigenvalue weighted by atomic mass is 32.1. The highest BCUT2D eigenvalue weighted by Crippen LogP contribution is 2.22. The predicted octanol–water partition coefficient (Wildman–Crippen LogP) is 2.56. The van der Waals surface area contributed by atoms with Crippen LogP contribution >= 0.6 is 11.5 Å². The Hall–Kier alpha value is -1.75. The van der Waals surface area contributed by atoms with Gasteiger partial charge in [0.2, 0.25) is 5.78 Å². The average Bonchev–Trinajstić information content (AvgIpc) is 2.81. The third-order valence-electron chi connectivity index (χ3n) is 2.09. The number of benzene rings is 1. The minimum atomic E-state index is -0.157. The van der Waals surface area contributed by atoms with Crippen molar-refractivity contribution >= 4 is 17.3 Å². The average molecular weight is 248 g/mol. The molecule has 0 fully saturated rings. The SMILES string of the molecule is CC(C)Oc1ccccc1C(=O)c1csnn1. The third kappa shape index (κ3) is 2.68. The second kappa shape index (κ2) is 5.05. The molecule has 0 unspecified atom stereocenters. The van der Waals surface area contributed by atoms with Gasteiger partial charge < -0.3 is 4.74 Å². The second-order valence-corrected chi connectivity index (χ2v) is 4.39. The van der Waals surface area contributed by atoms with Gasteiger partial charge in [0.1, 0.15) is 11.4 Å². The molecule has 5 heteroatoms. The molecule has 2 aromatic rings. The van der Waals surface area contributed by atoms with Crippen molar-refractivity contribution in [3.8, 4) is 5.75 Å². The van der Waals surface area contributed by atoms with Crippen LogP contribution < -0.4 is 4.74 Å². The number of carbonyl (C=O) groups is 1. The molecule has 2 rings (SSSR count). The van der Waals surface area contributed by atoms with Crippen LogP contribution in [0.4, 0.5) is 0 Å². The van der Waals surface area contributed by atoms with E-state index < -0.39 is 0 Å². The third-order valence-corrected chi connectivity index (χ3v) is 2.59. The first kappa shape index (κ1) is 11.7. The first-order valence-corrected chi connectivity index (χ1v) is 6.09. The van der Waals surface area contributed by atoms with Gasteiger partial charge in [0.05, 0.1) is 11.7 Å². The molecule has 0 aliphatic carbocycles. The lowest BCUT2D eigenvalue weighted by atomic mass is 10.1. The van der Waals surface area contributed by atoms with Crippen LogP contribution in [0.1, 0.15) is 29.9 Å². The highest BCUT2D eigenvalue weighted by molar-refractivity contribution is 7.03. The molecule has 0 amide bonds. The Morgan fingerprint density at radius 1 is 1.35 bits per heavy atom. The fourth-order valence-electron chi connectivity index (χ4n) is 1.41. The summed E-state index contributed by atoms with van der Waals surface area (Å²) in [5.41, 5.74) is 0.878. The van der Waals surface area contributed by atoms with Crippen molar-refractivity contribution in [1.29, 1.82) is 0 Å². The topological polar surface area (TPSA) is 52.1 Å². The normalized spacial score (nSPS) is 10.5. The first-order chi connectivity index (χ1) is 8.18. The molecule has 0 bridgehead atoms. The van der Waals surface area contributed by atoms with E-state index in [4.69, 9.17) is 4.74 Å². The number of hydrogen-bond acceptors (Lipinski definition) is 5. The summed E-state index contributed by atoms with van der Waals surface area (Å²) < 4.78 is 9.29. The highest BCUT2D eigenvalue weighted by Gasteiger charge is 2.17. The fourth-order valence-corrected chi connectivity index (χ4v) is 1.85. The number of carbonyl (C=O) groups excluding carboxylic acids is 1. The first-order valence-electron chi connectivity index (χ1n) is 5.26. The molecule has 0 aliphatic heterocycles. The Kier molecular flexibility index (Phi) is 3.49. The van der Waals surface area contributed by atoms with Gasteiger partial charge in [-0.3, -0.25) is 4.79 Å². The van der Waals surface area contributed by atoms with Crippen LogP contribution in [-0.2, 0) is 0 Å². The van der Waals surface area contributed by atoms with E-state index >= 15 is 0 Å². The van der Waals surface area contributed by atoms with Crippen molar-refractivity contribution in [3.63, 3.8) is 0 Å². The van der Waals surface area contributed by atoms with E-state index in [0.717, 1.165) is 11.5 Å². The van der Waals surface area contributed by atoms with Gasteiger partial charge in [-0.1, -0.05) is 16.6 Å². The van der Waals surface area contributed by atoms with Gasteiger partial charge >= 0.3 is 0 Å². The molecule has 1 heterocycles. The van der Waals surface area contributed by atoms with Gasteiger partial charge in [0, 0.05) is 5.38 Å². The summed E-state index contributed by atoms with van der Waals surface area (Å²) in [4.78, 5) is 12.1. The van der Waals surface area contributed by atoms with Gasteiger partial charge in [-0.2, -0.15) is 0 Å². The summed E-state index contributed by atoms with van der Waals surface area (Å²) >= 11 is 1.16. The maximum absolute atomic E-state index is 12.1. The van der Waals surface area contributed by atoms with Crippen LogP contribution in [-0.4, -0.2) is 21.5 Å². The van der Waals surface area contributed by atoms with Crippen LogP contribution in [0.3, 0.4) is 0 Å². The van der Waals surface area contributed by atoms with E-state index in [1.165, 1.54) is 0 Å². The smallest absolute Gasteiger partial charge is 0.217 e. The van der Waals surface area contributed by atoms with E-state index in [0.29, 0.717) is 17.0 Å². The standard InChI is InChI=1S/C12H12N2O2S/c1-8(2)16-11-6-4-3-5-9(11)12(15)10-7-17-14-13-10/h3-8H,1-2H3. The molecule has 0 saturated carbocycles. The van der Waals surface area contributed by atoms with Crippen molar-refractivity contribution in [2.45, 2.75) is 20.0 Å². The second-order valence-electron chi connectivity index (χ2n) is 3.78. The minimum Gasteiger partial charge on any atom is -0.490 e. The molecule has 0 aliphatic rings. The Morgan fingerprint density at radius 3 is 2.76 bits per heavy atom. The lowest BCUT2D eigenvalue weighted by Gasteiger charge is -2.12. The van der Waals surface area contributed by atoms with Gasteiger partial charge in [-0.15, -0.1) is 5.10 Å². The Morgan fingerprint density at radius 2 is 2.12 bits per heavy atom.